The van der Waals surface area contributed by atoms with Gasteiger partial charge in [-0.2, -0.15) is 9.78 Å². The van der Waals surface area contributed by atoms with Crippen molar-refractivity contribution >= 4 is 77.5 Å². The SMILES string of the molecule is CCOc1cc(C=Nn2c(-c3cc4cc(Cl)ccc4o3)nc3ccccc3c2=O)c(Br)c(Br)c1O[C@H](C)C(=O)OC. The predicted octanol–water partition coefficient (Wildman–Crippen LogP) is 7.21. The normalized spacial score (nSPS) is 12.2. The van der Waals surface area contributed by atoms with Crippen molar-refractivity contribution in [3.63, 3.8) is 0 Å². The van der Waals surface area contributed by atoms with Crippen LogP contribution in [-0.4, -0.2) is 41.7 Å². The molecule has 3 aromatic carbocycles. The van der Waals surface area contributed by atoms with Crippen LogP contribution in [0.15, 0.2) is 77.9 Å². The van der Waals surface area contributed by atoms with E-state index in [2.05, 4.69) is 37.0 Å². The third kappa shape index (κ3) is 5.74. The van der Waals surface area contributed by atoms with Gasteiger partial charge in [0, 0.05) is 20.4 Å². The van der Waals surface area contributed by atoms with Crippen LogP contribution in [-0.2, 0) is 9.53 Å². The quantitative estimate of drug-likeness (QED) is 0.124. The topological polar surface area (TPSA) is 105 Å². The van der Waals surface area contributed by atoms with E-state index in [1.165, 1.54) is 18.0 Å². The molecule has 9 nitrogen and oxygen atoms in total. The highest BCUT2D eigenvalue weighted by molar-refractivity contribution is 9.13. The second-order valence-corrected chi connectivity index (χ2v) is 10.8. The summed E-state index contributed by atoms with van der Waals surface area (Å²) in [6.07, 6.45) is 0.608. The Bertz CT molecular complexity index is 1880. The lowest BCUT2D eigenvalue weighted by atomic mass is 10.2. The minimum Gasteiger partial charge on any atom is -0.490 e. The molecule has 2 heterocycles. The third-order valence-corrected chi connectivity index (χ3v) is 8.43. The average Bonchev–Trinajstić information content (AvgIpc) is 3.39. The number of carbonyl (C=O) groups is 1. The van der Waals surface area contributed by atoms with Gasteiger partial charge in [-0.05, 0) is 88.2 Å². The average molecular weight is 704 g/mol. The van der Waals surface area contributed by atoms with Crippen LogP contribution in [0.4, 0.5) is 0 Å². The largest absolute Gasteiger partial charge is 0.490 e. The van der Waals surface area contributed by atoms with Crippen molar-refractivity contribution in [2.24, 2.45) is 5.10 Å². The van der Waals surface area contributed by atoms with E-state index in [0.29, 0.717) is 59.9 Å². The molecule has 0 radical (unpaired) electrons. The van der Waals surface area contributed by atoms with Gasteiger partial charge in [0.25, 0.3) is 5.56 Å². The number of esters is 1. The van der Waals surface area contributed by atoms with Crippen molar-refractivity contribution in [1.82, 2.24) is 9.66 Å². The number of carbonyl (C=O) groups excluding carboxylic acids is 1. The van der Waals surface area contributed by atoms with Crippen molar-refractivity contribution in [2.75, 3.05) is 13.7 Å². The fourth-order valence-electron chi connectivity index (χ4n) is 4.10. The van der Waals surface area contributed by atoms with E-state index in [1.54, 1.807) is 61.5 Å². The minimum absolute atomic E-state index is 0.212. The number of aromatic nitrogens is 2. The molecule has 41 heavy (non-hydrogen) atoms. The summed E-state index contributed by atoms with van der Waals surface area (Å²) in [5.41, 5.74) is 1.27. The zero-order valence-electron chi connectivity index (χ0n) is 22.0. The summed E-state index contributed by atoms with van der Waals surface area (Å²) >= 11 is 13.3. The van der Waals surface area contributed by atoms with Gasteiger partial charge in [0.15, 0.2) is 23.4 Å². The molecule has 210 valence electrons. The minimum atomic E-state index is -0.884. The number of halogens is 3. The lowest BCUT2D eigenvalue weighted by Gasteiger charge is -2.19. The van der Waals surface area contributed by atoms with E-state index in [9.17, 15) is 9.59 Å². The fourth-order valence-corrected chi connectivity index (χ4v) is 5.19. The monoisotopic (exact) mass is 701 g/mol. The van der Waals surface area contributed by atoms with Crippen LogP contribution in [0, 0.1) is 0 Å². The van der Waals surface area contributed by atoms with Gasteiger partial charge in [0.2, 0.25) is 5.82 Å². The Labute approximate surface area is 255 Å². The smallest absolute Gasteiger partial charge is 0.346 e. The number of ether oxygens (including phenoxy) is 3. The Morgan fingerprint density at radius 3 is 2.71 bits per heavy atom. The molecule has 0 aliphatic rings. The number of furan rings is 1. The van der Waals surface area contributed by atoms with Crippen molar-refractivity contribution < 1.29 is 23.4 Å². The van der Waals surface area contributed by atoms with E-state index in [4.69, 9.17) is 35.2 Å². The van der Waals surface area contributed by atoms with E-state index in [-0.39, 0.29) is 11.4 Å². The summed E-state index contributed by atoms with van der Waals surface area (Å²) in [5.74, 6) is 0.685. The van der Waals surface area contributed by atoms with E-state index < -0.39 is 12.1 Å². The van der Waals surface area contributed by atoms with Crippen LogP contribution in [0.25, 0.3) is 33.5 Å². The van der Waals surface area contributed by atoms with Gasteiger partial charge in [-0.3, -0.25) is 4.79 Å². The number of fused-ring (bicyclic) bond motifs is 2. The summed E-state index contributed by atoms with van der Waals surface area (Å²) in [6.45, 7) is 3.73. The van der Waals surface area contributed by atoms with E-state index >= 15 is 0 Å². The zero-order valence-corrected chi connectivity index (χ0v) is 25.9. The molecule has 0 spiro atoms. The maximum absolute atomic E-state index is 13.6. The van der Waals surface area contributed by atoms with Crippen LogP contribution in [0.5, 0.6) is 11.5 Å². The lowest BCUT2D eigenvalue weighted by Crippen LogP contribution is -2.25. The summed E-state index contributed by atoms with van der Waals surface area (Å²) in [5, 5.41) is 6.24. The fraction of sp³-hybridized carbons (Fsp3) is 0.172. The Balaban J connectivity index is 1.65. The van der Waals surface area contributed by atoms with Gasteiger partial charge in [-0.1, -0.05) is 23.7 Å². The third-order valence-electron chi connectivity index (χ3n) is 6.05. The van der Waals surface area contributed by atoms with Gasteiger partial charge in [-0.15, -0.1) is 0 Å². The summed E-state index contributed by atoms with van der Waals surface area (Å²) in [6, 6.07) is 15.7. The molecular formula is C29H22Br2ClN3O6. The second kappa shape index (κ2) is 12.1. The molecule has 0 N–H and O–H groups in total. The summed E-state index contributed by atoms with van der Waals surface area (Å²) in [7, 11) is 1.29. The molecule has 12 heteroatoms. The molecule has 0 amide bonds. The van der Waals surface area contributed by atoms with Gasteiger partial charge < -0.3 is 18.6 Å². The van der Waals surface area contributed by atoms with Gasteiger partial charge in [0.1, 0.15) is 5.58 Å². The maximum Gasteiger partial charge on any atom is 0.346 e. The van der Waals surface area contributed by atoms with Crippen LogP contribution < -0.4 is 15.0 Å². The van der Waals surface area contributed by atoms with Gasteiger partial charge in [0.05, 0.1) is 35.3 Å². The first-order valence-electron chi connectivity index (χ1n) is 12.4. The van der Waals surface area contributed by atoms with Crippen LogP contribution in [0.3, 0.4) is 0 Å². The number of methoxy groups -OCH3 is 1. The van der Waals surface area contributed by atoms with E-state index in [0.717, 1.165) is 5.39 Å². The van der Waals surface area contributed by atoms with Crippen molar-refractivity contribution in [3.8, 4) is 23.1 Å². The standard InChI is InChI=1S/C29H22Br2ClN3O6/c1-4-39-22-13-17(24(30)25(31)26(22)40-15(2)29(37)38-3)14-33-35-27(34-20-8-6-5-7-19(20)28(35)36)23-12-16-11-18(32)9-10-21(16)41-23/h5-15H,4H2,1-3H3/t15-/m1/s1. The molecule has 0 aliphatic carbocycles. The molecule has 2 aromatic heterocycles. The number of hydrogen-bond acceptors (Lipinski definition) is 8. The van der Waals surface area contributed by atoms with Crippen LogP contribution >= 0.6 is 43.5 Å². The zero-order chi connectivity index (χ0) is 29.3. The highest BCUT2D eigenvalue weighted by atomic mass is 79.9. The maximum atomic E-state index is 13.6. The second-order valence-electron chi connectivity index (χ2n) is 8.74. The number of rotatable bonds is 8. The first-order chi connectivity index (χ1) is 19.7. The molecule has 0 bridgehead atoms. The van der Waals surface area contributed by atoms with Crippen LogP contribution in [0.2, 0.25) is 5.02 Å². The van der Waals surface area contributed by atoms with Gasteiger partial charge in [-0.25, -0.2) is 9.78 Å². The first kappa shape index (κ1) is 28.8. The first-order valence-corrected chi connectivity index (χ1v) is 14.3. The van der Waals surface area contributed by atoms with Crippen molar-refractivity contribution in [2.45, 2.75) is 20.0 Å². The summed E-state index contributed by atoms with van der Waals surface area (Å²) in [4.78, 5) is 30.3. The Morgan fingerprint density at radius 2 is 1.95 bits per heavy atom. The van der Waals surface area contributed by atoms with Crippen molar-refractivity contribution in [3.05, 3.63) is 84.5 Å². The van der Waals surface area contributed by atoms with Gasteiger partial charge >= 0.3 is 5.97 Å². The molecule has 0 unspecified atom stereocenters. The highest BCUT2D eigenvalue weighted by Crippen LogP contribution is 2.43. The molecule has 5 aromatic rings. The molecule has 0 fully saturated rings. The number of hydrogen-bond donors (Lipinski definition) is 0. The number of para-hydroxylation sites is 1. The summed E-state index contributed by atoms with van der Waals surface area (Å²) < 4.78 is 24.7. The molecular weight excluding hydrogens is 682 g/mol. The Morgan fingerprint density at radius 1 is 1.17 bits per heavy atom. The Kier molecular flexibility index (Phi) is 8.48. The molecule has 5 rings (SSSR count). The van der Waals surface area contributed by atoms with Crippen molar-refractivity contribution in [1.29, 1.82) is 0 Å². The van der Waals surface area contributed by atoms with Crippen LogP contribution in [0.1, 0.15) is 19.4 Å². The highest BCUT2D eigenvalue weighted by Gasteiger charge is 2.23. The Hall–Kier alpha value is -3.67. The number of nitrogens with zero attached hydrogens (tertiary/aromatic N) is 3. The van der Waals surface area contributed by atoms with E-state index in [1.807, 2.05) is 6.92 Å². The number of benzene rings is 3. The predicted molar refractivity (Wildman–Crippen MR) is 164 cm³/mol. The molecule has 0 saturated heterocycles. The lowest BCUT2D eigenvalue weighted by molar-refractivity contribution is -0.148. The molecule has 0 saturated carbocycles. The molecule has 1 atom stereocenters. The molecule has 0 aliphatic heterocycles.